The second-order valence-electron chi connectivity index (χ2n) is 14.9. The van der Waals surface area contributed by atoms with E-state index in [1.807, 2.05) is 32.0 Å². The van der Waals surface area contributed by atoms with Crippen molar-refractivity contribution in [3.05, 3.63) is 93.4 Å². The molecule has 0 radical (unpaired) electrons. The molecule has 286 valence electrons. The van der Waals surface area contributed by atoms with Crippen LogP contribution in [0.15, 0.2) is 65.1 Å². The Morgan fingerprint density at radius 3 is 2.19 bits per heavy atom. The van der Waals surface area contributed by atoms with Gasteiger partial charge in [-0.15, -0.1) is 0 Å². The van der Waals surface area contributed by atoms with E-state index < -0.39 is 73.5 Å². The molecular weight excluding hydrogens is 691 g/mol. The van der Waals surface area contributed by atoms with Gasteiger partial charge in [0.15, 0.2) is 0 Å². The van der Waals surface area contributed by atoms with Crippen molar-refractivity contribution in [3.8, 4) is 0 Å². The molecule has 0 bridgehead atoms. The van der Waals surface area contributed by atoms with Gasteiger partial charge in [-0.25, -0.2) is 21.9 Å². The third-order valence-electron chi connectivity index (χ3n) is 10.1. The average Bonchev–Trinajstić information content (AvgIpc) is 3.89. The van der Waals surface area contributed by atoms with Crippen LogP contribution in [0.1, 0.15) is 83.4 Å². The summed E-state index contributed by atoms with van der Waals surface area (Å²) >= 11 is 0. The Hall–Kier alpha value is -3.49. The highest BCUT2D eigenvalue weighted by Crippen LogP contribution is 2.48. The molecule has 13 heteroatoms. The van der Waals surface area contributed by atoms with E-state index in [1.54, 1.807) is 4.90 Å². The molecular formula is C39H54F2N4O6S. The van der Waals surface area contributed by atoms with Crippen LogP contribution in [0.5, 0.6) is 0 Å². The van der Waals surface area contributed by atoms with Gasteiger partial charge in [-0.2, -0.15) is 0 Å². The number of aliphatic hydroxyl groups excluding tert-OH is 2. The Bertz CT molecular complexity index is 1770. The molecule has 0 spiro atoms. The van der Waals surface area contributed by atoms with Crippen LogP contribution in [-0.4, -0.2) is 73.2 Å². The number of carbonyl (C=O) groups excluding carboxylic acids is 2. The molecule has 0 aromatic heterocycles. The number of nitrogens with one attached hydrogen (secondary N) is 2. The van der Waals surface area contributed by atoms with Gasteiger partial charge in [0.05, 0.1) is 28.6 Å². The molecule has 4 rings (SSSR count). The van der Waals surface area contributed by atoms with Gasteiger partial charge >= 0.3 is 0 Å². The number of nitrogens with zero attached hydrogens (tertiary/aromatic N) is 1. The molecule has 1 fully saturated rings. The lowest BCUT2D eigenvalue weighted by Crippen LogP contribution is -2.53. The second kappa shape index (κ2) is 16.7. The first-order chi connectivity index (χ1) is 24.4. The maximum absolute atomic E-state index is 14.6. The normalized spacial score (nSPS) is 19.7. The monoisotopic (exact) mass is 744 g/mol. The summed E-state index contributed by atoms with van der Waals surface area (Å²) < 4.78 is 59.5. The largest absolute Gasteiger partial charge is 0.394 e. The molecule has 0 aliphatic heterocycles. The molecule has 2 aliphatic rings. The zero-order valence-electron chi connectivity index (χ0n) is 30.8. The SMILES string of the molecule is CCCN(CCC)C(=O)C1=CC(S(=O)(=O)NC(C)(C)CO)=CC(C(N)=O)([C@H](Cc2cc(F)cc(F)c2)[C@@H](O)CNC2(c3cccc(CC)c3)CC2)C1. The van der Waals surface area contributed by atoms with Crippen molar-refractivity contribution in [3.63, 3.8) is 0 Å². The fraction of sp³-hybridized carbons (Fsp3) is 0.538. The van der Waals surface area contributed by atoms with Gasteiger partial charge in [0.2, 0.25) is 21.8 Å². The average molecular weight is 745 g/mol. The number of amides is 2. The maximum Gasteiger partial charge on any atom is 0.249 e. The highest BCUT2D eigenvalue weighted by molar-refractivity contribution is 7.93. The number of carbonyl (C=O) groups is 2. The van der Waals surface area contributed by atoms with Crippen LogP contribution in [0.4, 0.5) is 8.78 Å². The van der Waals surface area contributed by atoms with Crippen molar-refractivity contribution in [1.82, 2.24) is 14.9 Å². The van der Waals surface area contributed by atoms with E-state index in [0.29, 0.717) is 32.0 Å². The molecule has 0 heterocycles. The van der Waals surface area contributed by atoms with E-state index >= 15 is 0 Å². The third-order valence-corrected chi connectivity index (χ3v) is 11.8. The minimum absolute atomic E-state index is 0.0176. The Labute approximate surface area is 306 Å². The number of hydrogen-bond donors (Lipinski definition) is 5. The lowest BCUT2D eigenvalue weighted by molar-refractivity contribution is -0.132. The number of halogens is 2. The predicted octanol–water partition coefficient (Wildman–Crippen LogP) is 4.35. The number of hydrogen-bond acceptors (Lipinski definition) is 7. The van der Waals surface area contributed by atoms with Crippen molar-refractivity contribution >= 4 is 21.8 Å². The number of aryl methyl sites for hydroxylation is 1. The van der Waals surface area contributed by atoms with Gasteiger partial charge in [-0.3, -0.25) is 9.59 Å². The second-order valence-corrected chi connectivity index (χ2v) is 16.6. The van der Waals surface area contributed by atoms with Gasteiger partial charge in [0.25, 0.3) is 0 Å². The van der Waals surface area contributed by atoms with Crippen LogP contribution in [0.2, 0.25) is 0 Å². The van der Waals surface area contributed by atoms with Crippen molar-refractivity contribution < 1.29 is 37.0 Å². The lowest BCUT2D eigenvalue weighted by atomic mass is 9.64. The summed E-state index contributed by atoms with van der Waals surface area (Å²) in [5.41, 5.74) is 4.71. The highest BCUT2D eigenvalue weighted by Gasteiger charge is 2.51. The molecule has 1 saturated carbocycles. The van der Waals surface area contributed by atoms with E-state index in [4.69, 9.17) is 5.73 Å². The van der Waals surface area contributed by atoms with Crippen LogP contribution in [0.3, 0.4) is 0 Å². The molecule has 52 heavy (non-hydrogen) atoms. The van der Waals surface area contributed by atoms with Crippen molar-refractivity contribution in [2.45, 2.75) is 96.7 Å². The Balaban J connectivity index is 1.87. The summed E-state index contributed by atoms with van der Waals surface area (Å²) in [4.78, 5) is 29.2. The summed E-state index contributed by atoms with van der Waals surface area (Å²) in [6.45, 7) is 8.90. The fourth-order valence-electron chi connectivity index (χ4n) is 7.14. The minimum atomic E-state index is -4.51. The molecule has 2 aromatic rings. The zero-order chi connectivity index (χ0) is 38.5. The highest BCUT2D eigenvalue weighted by atomic mass is 32.2. The molecule has 0 saturated heterocycles. The molecule has 10 nitrogen and oxygen atoms in total. The Kier molecular flexibility index (Phi) is 13.2. The zero-order valence-corrected chi connectivity index (χ0v) is 31.7. The number of primary amides is 1. The maximum atomic E-state index is 14.6. The van der Waals surface area contributed by atoms with Gasteiger partial charge in [-0.1, -0.05) is 45.0 Å². The number of aliphatic hydroxyl groups is 2. The molecule has 1 unspecified atom stereocenters. The first-order valence-corrected chi connectivity index (χ1v) is 19.6. The number of allylic oxidation sites excluding steroid dienone is 1. The molecule has 2 aromatic carbocycles. The lowest BCUT2D eigenvalue weighted by Gasteiger charge is -2.42. The quantitative estimate of drug-likeness (QED) is 0.143. The van der Waals surface area contributed by atoms with E-state index in [9.17, 15) is 37.0 Å². The molecule has 2 amide bonds. The van der Waals surface area contributed by atoms with E-state index in [2.05, 4.69) is 23.0 Å². The first-order valence-electron chi connectivity index (χ1n) is 18.1. The van der Waals surface area contributed by atoms with Crippen molar-refractivity contribution in [2.24, 2.45) is 17.1 Å². The van der Waals surface area contributed by atoms with Crippen LogP contribution in [0.25, 0.3) is 0 Å². The summed E-state index contributed by atoms with van der Waals surface area (Å²) in [5.74, 6) is -4.51. The van der Waals surface area contributed by atoms with Crippen LogP contribution in [0, 0.1) is 23.0 Å². The van der Waals surface area contributed by atoms with Gasteiger partial charge in [-0.05, 0) is 99.8 Å². The van der Waals surface area contributed by atoms with Gasteiger partial charge < -0.3 is 26.2 Å². The smallest absolute Gasteiger partial charge is 0.249 e. The molecule has 3 atom stereocenters. The fourth-order valence-corrected chi connectivity index (χ4v) is 8.71. The standard InChI is InChI=1S/C39H54F2N4O6S/c1-6-14-45(15-7-2)35(48)28-20-32(52(50,51)44-37(4,5)25-46)23-38(22-28,36(42)49)33(19-27-17-30(40)21-31(41)18-27)34(47)24-43-39(12-13-39)29-11-9-10-26(8-3)16-29/h9-11,16-18,20-21,23,33-34,43-44,46-47H,6-8,12-15,19,22,24-25H2,1-5H3,(H2,42,49)/t33-,34+,38?/m1/s1. The Morgan fingerprint density at radius 1 is 1.02 bits per heavy atom. The minimum Gasteiger partial charge on any atom is -0.394 e. The van der Waals surface area contributed by atoms with E-state index in [1.165, 1.54) is 19.9 Å². The number of rotatable bonds is 19. The Morgan fingerprint density at radius 2 is 1.65 bits per heavy atom. The van der Waals surface area contributed by atoms with E-state index in [-0.39, 0.29) is 30.5 Å². The summed E-state index contributed by atoms with van der Waals surface area (Å²) in [7, 11) is -4.51. The van der Waals surface area contributed by atoms with Crippen molar-refractivity contribution in [1.29, 1.82) is 0 Å². The molecule has 2 aliphatic carbocycles. The number of nitrogens with two attached hydrogens (primary N) is 1. The summed E-state index contributed by atoms with van der Waals surface area (Å²) in [6.07, 6.45) is 3.96. The number of benzene rings is 2. The van der Waals surface area contributed by atoms with Gasteiger partial charge in [0, 0.05) is 42.7 Å². The predicted molar refractivity (Wildman–Crippen MR) is 197 cm³/mol. The van der Waals surface area contributed by atoms with Crippen LogP contribution >= 0.6 is 0 Å². The summed E-state index contributed by atoms with van der Waals surface area (Å²) in [5, 5.41) is 25.5. The third kappa shape index (κ3) is 9.54. The van der Waals surface area contributed by atoms with Crippen molar-refractivity contribution in [2.75, 3.05) is 26.2 Å². The van der Waals surface area contributed by atoms with Crippen LogP contribution < -0.4 is 15.8 Å². The topological polar surface area (TPSA) is 162 Å². The number of sulfonamides is 1. The first kappa shape index (κ1) is 41.3. The summed E-state index contributed by atoms with van der Waals surface area (Å²) in [6, 6.07) is 11.0. The molecule has 6 N–H and O–H groups in total. The van der Waals surface area contributed by atoms with E-state index in [0.717, 1.165) is 48.6 Å². The van der Waals surface area contributed by atoms with Crippen LogP contribution in [-0.2, 0) is 38.0 Å². The van der Waals surface area contributed by atoms with Gasteiger partial charge in [0.1, 0.15) is 11.6 Å².